The largest absolute Gasteiger partial charge is 0.491 e. The maximum atomic E-state index is 12.9. The summed E-state index contributed by atoms with van der Waals surface area (Å²) in [6, 6.07) is 13.5. The van der Waals surface area contributed by atoms with Crippen molar-refractivity contribution in [1.82, 2.24) is 15.5 Å². The number of rotatable bonds is 8. The van der Waals surface area contributed by atoms with Crippen molar-refractivity contribution in [2.24, 2.45) is 0 Å². The first kappa shape index (κ1) is 22.3. The van der Waals surface area contributed by atoms with E-state index in [0.29, 0.717) is 5.75 Å². The molecule has 3 rings (SSSR count). The lowest BCUT2D eigenvalue weighted by Gasteiger charge is -2.27. The van der Waals surface area contributed by atoms with Crippen molar-refractivity contribution >= 4 is 5.97 Å². The molecule has 1 unspecified atom stereocenters. The Kier molecular flexibility index (Phi) is 6.59. The van der Waals surface area contributed by atoms with Crippen LogP contribution in [0.25, 0.3) is 11.4 Å². The minimum absolute atomic E-state index is 0.00297. The number of hydrogen-bond acceptors (Lipinski definition) is 7. The molecule has 1 aromatic heterocycles. The molecule has 0 saturated carbocycles. The Morgan fingerprint density at radius 2 is 1.87 bits per heavy atom. The third kappa shape index (κ3) is 5.60. The number of hydrogen-bond donors (Lipinski definition) is 1. The molecule has 0 radical (unpaired) electrons. The lowest BCUT2D eigenvalue weighted by atomic mass is 10.0. The van der Waals surface area contributed by atoms with Gasteiger partial charge in [-0.2, -0.15) is 18.2 Å². The van der Waals surface area contributed by atoms with Gasteiger partial charge in [-0.1, -0.05) is 35.5 Å². The SMILES string of the molecule is COC(=O)C(C)(COc1ccccc1)NCc1nc(-c2cccc(C(F)(F)F)c2)no1. The fourth-order valence-electron chi connectivity index (χ4n) is 2.70. The molecule has 0 amide bonds. The van der Waals surface area contributed by atoms with E-state index in [1.807, 2.05) is 6.07 Å². The minimum Gasteiger partial charge on any atom is -0.491 e. The molecule has 0 fully saturated rings. The van der Waals surface area contributed by atoms with Crippen LogP contribution in [0.5, 0.6) is 5.75 Å². The number of carbonyl (C=O) groups is 1. The number of alkyl halides is 3. The van der Waals surface area contributed by atoms with E-state index in [1.54, 1.807) is 31.2 Å². The Morgan fingerprint density at radius 1 is 1.13 bits per heavy atom. The average Bonchev–Trinajstić information content (AvgIpc) is 3.25. The van der Waals surface area contributed by atoms with Gasteiger partial charge in [-0.3, -0.25) is 5.32 Å². The monoisotopic (exact) mass is 435 g/mol. The smallest absolute Gasteiger partial charge is 0.416 e. The molecule has 0 bridgehead atoms. The summed E-state index contributed by atoms with van der Waals surface area (Å²) >= 11 is 0. The zero-order valence-electron chi connectivity index (χ0n) is 16.8. The first-order chi connectivity index (χ1) is 14.7. The van der Waals surface area contributed by atoms with E-state index < -0.39 is 23.2 Å². The average molecular weight is 435 g/mol. The Balaban J connectivity index is 1.70. The third-order valence-electron chi connectivity index (χ3n) is 4.45. The Hall–Kier alpha value is -3.40. The van der Waals surface area contributed by atoms with Crippen molar-refractivity contribution in [1.29, 1.82) is 0 Å². The van der Waals surface area contributed by atoms with E-state index in [2.05, 4.69) is 15.5 Å². The first-order valence-electron chi connectivity index (χ1n) is 9.23. The highest BCUT2D eigenvalue weighted by molar-refractivity contribution is 5.80. The number of aromatic nitrogens is 2. The van der Waals surface area contributed by atoms with Gasteiger partial charge in [-0.05, 0) is 31.2 Å². The number of carbonyl (C=O) groups excluding carboxylic acids is 1. The second-order valence-corrected chi connectivity index (χ2v) is 6.87. The molecule has 0 saturated heterocycles. The van der Waals surface area contributed by atoms with Crippen LogP contribution in [0.1, 0.15) is 18.4 Å². The lowest BCUT2D eigenvalue weighted by molar-refractivity contribution is -0.149. The molecule has 7 nitrogen and oxygen atoms in total. The van der Waals surface area contributed by atoms with Crippen LogP contribution in [0.3, 0.4) is 0 Å². The van der Waals surface area contributed by atoms with Crippen LogP contribution in [-0.2, 0) is 22.3 Å². The Morgan fingerprint density at radius 3 is 2.55 bits per heavy atom. The molecule has 0 aliphatic carbocycles. The second-order valence-electron chi connectivity index (χ2n) is 6.87. The predicted molar refractivity (Wildman–Crippen MR) is 104 cm³/mol. The minimum atomic E-state index is -4.48. The van der Waals surface area contributed by atoms with E-state index >= 15 is 0 Å². The van der Waals surface area contributed by atoms with Gasteiger partial charge < -0.3 is 14.0 Å². The second kappa shape index (κ2) is 9.17. The normalized spacial score (nSPS) is 13.5. The molecule has 164 valence electrons. The van der Waals surface area contributed by atoms with Gasteiger partial charge in [-0.15, -0.1) is 0 Å². The molecule has 1 heterocycles. The van der Waals surface area contributed by atoms with Crippen molar-refractivity contribution < 1.29 is 32.0 Å². The predicted octanol–water partition coefficient (Wildman–Crippen LogP) is 3.86. The highest BCUT2D eigenvalue weighted by atomic mass is 19.4. The van der Waals surface area contributed by atoms with E-state index in [0.717, 1.165) is 12.1 Å². The highest BCUT2D eigenvalue weighted by Gasteiger charge is 2.36. The van der Waals surface area contributed by atoms with Crippen molar-refractivity contribution in [3.8, 4) is 17.1 Å². The summed E-state index contributed by atoms with van der Waals surface area (Å²) in [7, 11) is 1.25. The fourth-order valence-corrected chi connectivity index (χ4v) is 2.70. The van der Waals surface area contributed by atoms with Crippen molar-refractivity contribution in [2.45, 2.75) is 25.2 Å². The van der Waals surface area contributed by atoms with Crippen LogP contribution in [0.15, 0.2) is 59.1 Å². The summed E-state index contributed by atoms with van der Waals surface area (Å²) in [6.45, 7) is 1.51. The van der Waals surface area contributed by atoms with E-state index in [1.165, 1.54) is 19.2 Å². The van der Waals surface area contributed by atoms with Gasteiger partial charge >= 0.3 is 12.1 Å². The van der Waals surface area contributed by atoms with E-state index in [-0.39, 0.29) is 30.4 Å². The number of esters is 1. The lowest BCUT2D eigenvalue weighted by Crippen LogP contribution is -2.54. The standard InChI is InChI=1S/C21H20F3N3O4/c1-20(19(28)29-2,13-30-16-9-4-3-5-10-16)25-12-17-26-18(27-31-17)14-7-6-8-15(11-14)21(22,23)24/h3-11,25H,12-13H2,1-2H3. The van der Waals surface area contributed by atoms with Crippen LogP contribution in [0, 0.1) is 0 Å². The summed E-state index contributed by atoms with van der Waals surface area (Å²) in [5.74, 6) is 0.0931. The molecule has 0 aliphatic heterocycles. The van der Waals surface area contributed by atoms with Crippen molar-refractivity contribution in [3.63, 3.8) is 0 Å². The fraction of sp³-hybridized carbons (Fsp3) is 0.286. The van der Waals surface area contributed by atoms with Crippen molar-refractivity contribution in [2.75, 3.05) is 13.7 Å². The van der Waals surface area contributed by atoms with Crippen LogP contribution in [0.4, 0.5) is 13.2 Å². The summed E-state index contributed by atoms with van der Waals surface area (Å²) < 4.78 is 54.4. The van der Waals surface area contributed by atoms with Gasteiger partial charge in [0.15, 0.2) is 0 Å². The Labute approximate surface area is 176 Å². The zero-order valence-corrected chi connectivity index (χ0v) is 16.8. The number of methoxy groups -OCH3 is 1. The van der Waals surface area contributed by atoms with Crippen molar-refractivity contribution in [3.05, 3.63) is 66.1 Å². The maximum Gasteiger partial charge on any atom is 0.416 e. The van der Waals surface area contributed by atoms with Crippen LogP contribution >= 0.6 is 0 Å². The number of ether oxygens (including phenoxy) is 2. The number of nitrogens with zero attached hydrogens (tertiary/aromatic N) is 2. The van der Waals surface area contributed by atoms with Crippen LogP contribution < -0.4 is 10.1 Å². The summed E-state index contributed by atoms with van der Waals surface area (Å²) in [6.07, 6.45) is -4.48. The first-order valence-corrected chi connectivity index (χ1v) is 9.23. The summed E-state index contributed by atoms with van der Waals surface area (Å²) in [4.78, 5) is 16.4. The molecule has 0 aliphatic rings. The molecule has 1 N–H and O–H groups in total. The molecule has 31 heavy (non-hydrogen) atoms. The van der Waals surface area contributed by atoms with Gasteiger partial charge in [0.25, 0.3) is 0 Å². The third-order valence-corrected chi connectivity index (χ3v) is 4.45. The van der Waals surface area contributed by atoms with E-state index in [4.69, 9.17) is 14.0 Å². The molecule has 3 aromatic rings. The van der Waals surface area contributed by atoms with Gasteiger partial charge in [-0.25, -0.2) is 4.79 Å². The molecular weight excluding hydrogens is 415 g/mol. The van der Waals surface area contributed by atoms with Crippen LogP contribution in [-0.4, -0.2) is 35.4 Å². The van der Waals surface area contributed by atoms with E-state index in [9.17, 15) is 18.0 Å². The summed E-state index contributed by atoms with van der Waals surface area (Å²) in [5.41, 5.74) is -1.89. The maximum absolute atomic E-state index is 12.9. The number of nitrogens with one attached hydrogen (secondary N) is 1. The quantitative estimate of drug-likeness (QED) is 0.538. The molecule has 2 aromatic carbocycles. The number of halogens is 3. The van der Waals surface area contributed by atoms with Gasteiger partial charge in [0.2, 0.25) is 11.7 Å². The summed E-state index contributed by atoms with van der Waals surface area (Å²) in [5, 5.41) is 6.69. The molecular formula is C21H20F3N3O4. The molecule has 1 atom stereocenters. The molecule has 10 heteroatoms. The molecule has 0 spiro atoms. The Bertz CT molecular complexity index is 1020. The number of para-hydroxylation sites is 1. The highest BCUT2D eigenvalue weighted by Crippen LogP contribution is 2.31. The zero-order chi connectivity index (χ0) is 22.5. The van der Waals surface area contributed by atoms with Crippen LogP contribution in [0.2, 0.25) is 0 Å². The number of benzene rings is 2. The van der Waals surface area contributed by atoms with Gasteiger partial charge in [0.05, 0.1) is 19.2 Å². The van der Waals surface area contributed by atoms with Gasteiger partial charge in [0, 0.05) is 5.56 Å². The topological polar surface area (TPSA) is 86.5 Å². The van der Waals surface area contributed by atoms with Gasteiger partial charge in [0.1, 0.15) is 17.9 Å².